The molecule has 0 saturated heterocycles. The number of para-hydroxylation sites is 1. The monoisotopic (exact) mass is 379 g/mol. The second kappa shape index (κ2) is 9.17. The zero-order chi connectivity index (χ0) is 19.9. The van der Waals surface area contributed by atoms with Gasteiger partial charge in [-0.05, 0) is 18.1 Å². The van der Waals surface area contributed by atoms with E-state index in [0.717, 1.165) is 35.9 Å². The van der Waals surface area contributed by atoms with E-state index in [9.17, 15) is 9.59 Å². The first kappa shape index (κ1) is 19.6. The molecule has 3 aromatic rings. The van der Waals surface area contributed by atoms with Gasteiger partial charge in [0.05, 0.1) is 12.6 Å². The van der Waals surface area contributed by atoms with Gasteiger partial charge in [0.15, 0.2) is 5.69 Å². The van der Waals surface area contributed by atoms with Gasteiger partial charge in [0.2, 0.25) is 0 Å². The smallest absolute Gasteiger partial charge is 0.328 e. The zero-order valence-corrected chi connectivity index (χ0v) is 16.2. The van der Waals surface area contributed by atoms with Crippen LogP contribution in [-0.2, 0) is 22.5 Å². The highest BCUT2D eigenvalue weighted by atomic mass is 16.5. The molecule has 0 radical (unpaired) electrons. The number of carbonyl (C=O) groups is 2. The van der Waals surface area contributed by atoms with Gasteiger partial charge >= 0.3 is 5.97 Å². The number of benzene rings is 2. The van der Waals surface area contributed by atoms with E-state index in [-0.39, 0.29) is 5.91 Å². The van der Waals surface area contributed by atoms with Crippen molar-refractivity contribution >= 4 is 22.8 Å². The highest BCUT2D eigenvalue weighted by Crippen LogP contribution is 2.19. The minimum absolute atomic E-state index is 0.327. The van der Waals surface area contributed by atoms with Gasteiger partial charge < -0.3 is 10.1 Å². The number of fused-ring (bicyclic) bond motifs is 1. The summed E-state index contributed by atoms with van der Waals surface area (Å²) in [6, 6.07) is 16.4. The number of amides is 1. The summed E-state index contributed by atoms with van der Waals surface area (Å²) in [5, 5.41) is 8.11. The quantitative estimate of drug-likeness (QED) is 0.609. The topological polar surface area (TPSA) is 73.2 Å². The van der Waals surface area contributed by atoms with Crippen molar-refractivity contribution in [1.82, 2.24) is 15.1 Å². The van der Waals surface area contributed by atoms with Gasteiger partial charge in [-0.25, -0.2) is 4.79 Å². The molecule has 0 aliphatic carbocycles. The van der Waals surface area contributed by atoms with E-state index in [2.05, 4.69) is 17.3 Å². The van der Waals surface area contributed by atoms with Crippen molar-refractivity contribution in [2.24, 2.45) is 0 Å². The lowest BCUT2D eigenvalue weighted by atomic mass is 10.1. The van der Waals surface area contributed by atoms with Gasteiger partial charge in [0.1, 0.15) is 6.04 Å². The number of hydrogen-bond acceptors (Lipinski definition) is 4. The SMILES string of the molecule is CCCCn1nc(C(=O)NC(Cc2ccccc2)C(=O)OC)c2ccccc21. The molecular formula is C22H25N3O3. The molecule has 146 valence electrons. The Morgan fingerprint density at radius 2 is 1.82 bits per heavy atom. The van der Waals surface area contributed by atoms with Crippen molar-refractivity contribution in [3.8, 4) is 0 Å². The zero-order valence-electron chi connectivity index (χ0n) is 16.2. The van der Waals surface area contributed by atoms with E-state index in [1.807, 2.05) is 59.3 Å². The van der Waals surface area contributed by atoms with Crippen LogP contribution >= 0.6 is 0 Å². The predicted octanol–water partition coefficient (Wildman–Crippen LogP) is 3.35. The molecule has 1 heterocycles. The van der Waals surface area contributed by atoms with E-state index in [4.69, 9.17) is 4.74 Å². The second-order valence-corrected chi connectivity index (χ2v) is 6.68. The third kappa shape index (κ3) is 4.39. The Balaban J connectivity index is 1.86. The fourth-order valence-electron chi connectivity index (χ4n) is 3.19. The number of aromatic nitrogens is 2. The first-order valence-electron chi connectivity index (χ1n) is 9.52. The van der Waals surface area contributed by atoms with E-state index in [1.54, 1.807) is 0 Å². The molecule has 1 unspecified atom stereocenters. The largest absolute Gasteiger partial charge is 0.467 e. The Labute approximate surface area is 164 Å². The summed E-state index contributed by atoms with van der Waals surface area (Å²) in [7, 11) is 1.32. The van der Waals surface area contributed by atoms with Crippen LogP contribution in [0.25, 0.3) is 10.9 Å². The first-order chi connectivity index (χ1) is 13.6. The molecule has 0 aliphatic rings. The van der Waals surface area contributed by atoms with Gasteiger partial charge in [-0.1, -0.05) is 61.9 Å². The molecule has 0 saturated carbocycles. The summed E-state index contributed by atoms with van der Waals surface area (Å²) in [6.45, 7) is 2.86. The molecule has 3 rings (SSSR count). The van der Waals surface area contributed by atoms with Gasteiger partial charge in [0.25, 0.3) is 5.91 Å². The molecular weight excluding hydrogens is 354 g/mol. The summed E-state index contributed by atoms with van der Waals surface area (Å²) in [4.78, 5) is 25.2. The lowest BCUT2D eigenvalue weighted by molar-refractivity contribution is -0.142. The molecule has 0 fully saturated rings. The summed E-state index contributed by atoms with van der Waals surface area (Å²) < 4.78 is 6.75. The van der Waals surface area contributed by atoms with Crippen LogP contribution in [0.3, 0.4) is 0 Å². The number of rotatable bonds is 8. The van der Waals surface area contributed by atoms with Crippen LogP contribution < -0.4 is 5.32 Å². The Morgan fingerprint density at radius 1 is 1.11 bits per heavy atom. The number of methoxy groups -OCH3 is 1. The molecule has 1 amide bonds. The van der Waals surface area contributed by atoms with Crippen molar-refractivity contribution in [1.29, 1.82) is 0 Å². The Hall–Kier alpha value is -3.15. The standard InChI is InChI=1S/C22H25N3O3/c1-3-4-14-25-19-13-9-8-12-17(19)20(24-25)21(26)23-18(22(27)28-2)15-16-10-6-5-7-11-16/h5-13,18H,3-4,14-15H2,1-2H3,(H,23,26). The van der Waals surface area contributed by atoms with E-state index >= 15 is 0 Å². The maximum Gasteiger partial charge on any atom is 0.328 e. The van der Waals surface area contributed by atoms with Gasteiger partial charge in [-0.3, -0.25) is 9.48 Å². The Bertz CT molecular complexity index is 950. The van der Waals surface area contributed by atoms with Gasteiger partial charge in [-0.2, -0.15) is 5.10 Å². The number of ether oxygens (including phenoxy) is 1. The molecule has 1 N–H and O–H groups in total. The van der Waals surface area contributed by atoms with Gasteiger partial charge in [0, 0.05) is 18.4 Å². The molecule has 0 bridgehead atoms. The molecule has 28 heavy (non-hydrogen) atoms. The van der Waals surface area contributed by atoms with Crippen LogP contribution in [0.1, 0.15) is 35.8 Å². The van der Waals surface area contributed by atoms with Crippen LogP contribution in [0.2, 0.25) is 0 Å². The normalized spacial score (nSPS) is 11.9. The number of carbonyl (C=O) groups excluding carboxylic acids is 2. The van der Waals surface area contributed by atoms with Gasteiger partial charge in [-0.15, -0.1) is 0 Å². The fraction of sp³-hybridized carbons (Fsp3) is 0.318. The maximum atomic E-state index is 13.0. The van der Waals surface area contributed by atoms with Crippen LogP contribution in [0.15, 0.2) is 54.6 Å². The molecule has 1 aromatic heterocycles. The number of nitrogens with one attached hydrogen (secondary N) is 1. The van der Waals surface area contributed by atoms with Crippen molar-refractivity contribution in [2.75, 3.05) is 7.11 Å². The molecule has 6 nitrogen and oxygen atoms in total. The van der Waals surface area contributed by atoms with Crippen LogP contribution in [0, 0.1) is 0 Å². The minimum atomic E-state index is -0.778. The van der Waals surface area contributed by atoms with Crippen molar-refractivity contribution < 1.29 is 14.3 Å². The summed E-state index contributed by atoms with van der Waals surface area (Å²) >= 11 is 0. The van der Waals surface area contributed by atoms with Crippen LogP contribution in [0.4, 0.5) is 0 Å². The molecule has 0 spiro atoms. The molecule has 1 atom stereocenters. The van der Waals surface area contributed by atoms with Crippen molar-refractivity contribution in [3.63, 3.8) is 0 Å². The number of nitrogens with zero attached hydrogens (tertiary/aromatic N) is 2. The third-order valence-corrected chi connectivity index (χ3v) is 4.67. The lowest BCUT2D eigenvalue weighted by Crippen LogP contribution is -2.43. The Kier molecular flexibility index (Phi) is 6.42. The summed E-state index contributed by atoms with van der Waals surface area (Å²) in [5.74, 6) is -0.857. The van der Waals surface area contributed by atoms with Crippen molar-refractivity contribution in [3.05, 3.63) is 65.9 Å². The number of hydrogen-bond donors (Lipinski definition) is 1. The maximum absolute atomic E-state index is 13.0. The molecule has 6 heteroatoms. The minimum Gasteiger partial charge on any atom is -0.467 e. The summed E-state index contributed by atoms with van der Waals surface area (Å²) in [5.41, 5.74) is 2.18. The average Bonchev–Trinajstić information content (AvgIpc) is 3.10. The predicted molar refractivity (Wildman–Crippen MR) is 108 cm³/mol. The lowest BCUT2D eigenvalue weighted by Gasteiger charge is -2.16. The molecule has 2 aromatic carbocycles. The molecule has 0 aliphatic heterocycles. The highest BCUT2D eigenvalue weighted by molar-refractivity contribution is 6.06. The van der Waals surface area contributed by atoms with E-state index in [1.165, 1.54) is 7.11 Å². The Morgan fingerprint density at radius 3 is 2.54 bits per heavy atom. The van der Waals surface area contributed by atoms with Crippen LogP contribution in [-0.4, -0.2) is 34.8 Å². The van der Waals surface area contributed by atoms with E-state index in [0.29, 0.717) is 12.1 Å². The summed E-state index contributed by atoms with van der Waals surface area (Å²) in [6.07, 6.45) is 2.37. The third-order valence-electron chi connectivity index (χ3n) is 4.67. The highest BCUT2D eigenvalue weighted by Gasteiger charge is 2.25. The number of aryl methyl sites for hydroxylation is 1. The number of esters is 1. The fourth-order valence-corrected chi connectivity index (χ4v) is 3.19. The van der Waals surface area contributed by atoms with E-state index < -0.39 is 12.0 Å². The van der Waals surface area contributed by atoms with Crippen molar-refractivity contribution in [2.45, 2.75) is 38.8 Å². The average molecular weight is 379 g/mol. The second-order valence-electron chi connectivity index (χ2n) is 6.68. The first-order valence-corrected chi connectivity index (χ1v) is 9.52. The number of unbranched alkanes of at least 4 members (excludes halogenated alkanes) is 1. The van der Waals surface area contributed by atoms with Crippen LogP contribution in [0.5, 0.6) is 0 Å².